The third kappa shape index (κ3) is 2.20. The van der Waals surface area contributed by atoms with Crippen LogP contribution in [0.2, 0.25) is 0 Å². The first kappa shape index (κ1) is 13.9. The van der Waals surface area contributed by atoms with Crippen LogP contribution in [0.4, 0.5) is 10.1 Å². The van der Waals surface area contributed by atoms with Crippen molar-refractivity contribution >= 4 is 28.4 Å². The molecule has 3 aromatic rings. The summed E-state index contributed by atoms with van der Waals surface area (Å²) in [5, 5.41) is 1.01. The Kier molecular flexibility index (Phi) is 2.98. The number of aromatic amines is 1. The molecule has 0 unspecified atom stereocenters. The van der Waals surface area contributed by atoms with Crippen molar-refractivity contribution in [1.82, 2.24) is 4.98 Å². The Balaban J connectivity index is 1.72. The second-order valence-electron chi connectivity index (χ2n) is 6.41. The molecule has 23 heavy (non-hydrogen) atoms. The number of aliphatic imine (C=N–C) groups is 1. The van der Waals surface area contributed by atoms with Crippen LogP contribution in [0.25, 0.3) is 17.0 Å². The van der Waals surface area contributed by atoms with Gasteiger partial charge < -0.3 is 4.98 Å². The molecule has 0 saturated heterocycles. The van der Waals surface area contributed by atoms with Crippen LogP contribution in [0, 0.1) is 5.82 Å². The van der Waals surface area contributed by atoms with E-state index in [1.807, 2.05) is 24.4 Å². The Morgan fingerprint density at radius 2 is 1.91 bits per heavy atom. The first-order chi connectivity index (χ1) is 11.1. The molecule has 0 fully saturated rings. The summed E-state index contributed by atoms with van der Waals surface area (Å²) < 4.78 is 13.3. The van der Waals surface area contributed by atoms with Crippen molar-refractivity contribution in [2.24, 2.45) is 4.99 Å². The van der Waals surface area contributed by atoms with Crippen molar-refractivity contribution in [3.05, 3.63) is 71.7 Å². The van der Waals surface area contributed by atoms with Gasteiger partial charge in [0.05, 0.1) is 11.4 Å². The number of fused-ring (bicyclic) bond motifs is 2. The average molecular weight is 304 g/mol. The Labute approximate surface area is 134 Å². The van der Waals surface area contributed by atoms with Crippen LogP contribution >= 0.6 is 0 Å². The molecule has 2 aromatic carbocycles. The fourth-order valence-corrected chi connectivity index (χ4v) is 3.18. The summed E-state index contributed by atoms with van der Waals surface area (Å²) in [4.78, 5) is 7.87. The van der Waals surface area contributed by atoms with Gasteiger partial charge in [-0.2, -0.15) is 0 Å². The lowest BCUT2D eigenvalue weighted by atomic mass is 9.81. The fourth-order valence-electron chi connectivity index (χ4n) is 3.18. The molecule has 0 spiro atoms. The molecule has 0 aliphatic carbocycles. The molecule has 0 amide bonds. The third-order valence-electron chi connectivity index (χ3n) is 4.56. The van der Waals surface area contributed by atoms with Gasteiger partial charge in [0, 0.05) is 22.5 Å². The molecule has 0 saturated carbocycles. The molecule has 1 aliphatic heterocycles. The van der Waals surface area contributed by atoms with E-state index in [-0.39, 0.29) is 11.2 Å². The number of halogens is 1. The number of para-hydroxylation sites is 1. The first-order valence-corrected chi connectivity index (χ1v) is 7.69. The number of aromatic nitrogens is 1. The van der Waals surface area contributed by atoms with E-state index in [2.05, 4.69) is 37.0 Å². The molecule has 0 atom stereocenters. The van der Waals surface area contributed by atoms with E-state index < -0.39 is 0 Å². The SMILES string of the molecule is CC1(C)C(/C=C/c2c[nH]c3cc(F)ccc23)=Nc2ccccc21. The van der Waals surface area contributed by atoms with Gasteiger partial charge in [-0.25, -0.2) is 4.39 Å². The summed E-state index contributed by atoms with van der Waals surface area (Å²) >= 11 is 0. The summed E-state index contributed by atoms with van der Waals surface area (Å²) in [6, 6.07) is 13.0. The van der Waals surface area contributed by atoms with Crippen LogP contribution in [0.1, 0.15) is 25.0 Å². The summed E-state index contributed by atoms with van der Waals surface area (Å²) in [7, 11) is 0. The minimum absolute atomic E-state index is 0.106. The van der Waals surface area contributed by atoms with E-state index in [1.54, 1.807) is 6.07 Å². The van der Waals surface area contributed by atoms with Crippen LogP contribution in [-0.2, 0) is 5.41 Å². The normalized spacial score (nSPS) is 16.0. The fraction of sp³-hybridized carbons (Fsp3) is 0.150. The molecule has 3 heteroatoms. The molecule has 0 bridgehead atoms. The van der Waals surface area contributed by atoms with E-state index in [1.165, 1.54) is 17.7 Å². The molecule has 2 heterocycles. The number of nitrogens with zero attached hydrogens (tertiary/aromatic N) is 1. The largest absolute Gasteiger partial charge is 0.360 e. The number of H-pyrrole nitrogens is 1. The molecule has 0 radical (unpaired) electrons. The predicted octanol–water partition coefficient (Wildman–Crippen LogP) is 5.38. The van der Waals surface area contributed by atoms with E-state index in [9.17, 15) is 4.39 Å². The van der Waals surface area contributed by atoms with Gasteiger partial charge in [-0.15, -0.1) is 0 Å². The van der Waals surface area contributed by atoms with Crippen molar-refractivity contribution < 1.29 is 4.39 Å². The summed E-state index contributed by atoms with van der Waals surface area (Å²) in [5.41, 5.74) is 5.06. The Morgan fingerprint density at radius 1 is 1.09 bits per heavy atom. The van der Waals surface area contributed by atoms with Crippen molar-refractivity contribution in [1.29, 1.82) is 0 Å². The smallest absolute Gasteiger partial charge is 0.125 e. The zero-order valence-corrected chi connectivity index (χ0v) is 13.1. The number of benzene rings is 2. The standard InChI is InChI=1S/C20H17FN2/c1-20(2)16-5-3-4-6-17(16)23-19(20)10-7-13-12-22-18-11-14(21)8-9-15(13)18/h3-12,22H,1-2H3/b10-7+. The van der Waals surface area contributed by atoms with Gasteiger partial charge in [-0.3, -0.25) is 4.99 Å². The van der Waals surface area contributed by atoms with E-state index in [4.69, 9.17) is 4.99 Å². The third-order valence-corrected chi connectivity index (χ3v) is 4.56. The Hall–Kier alpha value is -2.68. The molecule has 114 valence electrons. The summed E-state index contributed by atoms with van der Waals surface area (Å²) in [6.45, 7) is 4.37. The molecule has 2 nitrogen and oxygen atoms in total. The van der Waals surface area contributed by atoms with Crippen LogP contribution in [-0.4, -0.2) is 10.7 Å². The maximum absolute atomic E-state index is 13.3. The van der Waals surface area contributed by atoms with Gasteiger partial charge in [-0.05, 0) is 41.5 Å². The highest BCUT2D eigenvalue weighted by Gasteiger charge is 2.32. The lowest BCUT2D eigenvalue weighted by molar-refractivity contribution is 0.629. The highest BCUT2D eigenvalue weighted by molar-refractivity contribution is 6.11. The summed E-state index contributed by atoms with van der Waals surface area (Å²) in [5.74, 6) is -0.230. The minimum Gasteiger partial charge on any atom is -0.360 e. The van der Waals surface area contributed by atoms with Gasteiger partial charge in [0.25, 0.3) is 0 Å². The summed E-state index contributed by atoms with van der Waals surface area (Å²) in [6.07, 6.45) is 6.01. The second kappa shape index (κ2) is 4.92. The number of hydrogen-bond donors (Lipinski definition) is 1. The van der Waals surface area contributed by atoms with Crippen molar-refractivity contribution in [2.45, 2.75) is 19.3 Å². The van der Waals surface area contributed by atoms with Crippen molar-refractivity contribution in [2.75, 3.05) is 0 Å². The van der Waals surface area contributed by atoms with Crippen LogP contribution < -0.4 is 0 Å². The lowest BCUT2D eigenvalue weighted by Gasteiger charge is -2.20. The van der Waals surface area contributed by atoms with Crippen LogP contribution in [0.15, 0.2) is 59.7 Å². The number of rotatable bonds is 2. The molecular formula is C20H17FN2. The van der Waals surface area contributed by atoms with E-state index in [0.717, 1.165) is 27.9 Å². The number of allylic oxidation sites excluding steroid dienone is 1. The lowest BCUT2D eigenvalue weighted by Crippen LogP contribution is -2.23. The van der Waals surface area contributed by atoms with E-state index >= 15 is 0 Å². The maximum atomic E-state index is 13.3. The number of hydrogen-bond acceptors (Lipinski definition) is 1. The van der Waals surface area contributed by atoms with Gasteiger partial charge in [0.1, 0.15) is 5.82 Å². The van der Waals surface area contributed by atoms with Crippen LogP contribution in [0.5, 0.6) is 0 Å². The second-order valence-corrected chi connectivity index (χ2v) is 6.41. The predicted molar refractivity (Wildman–Crippen MR) is 93.9 cm³/mol. The molecular weight excluding hydrogens is 287 g/mol. The zero-order valence-electron chi connectivity index (χ0n) is 13.1. The maximum Gasteiger partial charge on any atom is 0.125 e. The van der Waals surface area contributed by atoms with Gasteiger partial charge in [0.15, 0.2) is 0 Å². The molecule has 1 aromatic heterocycles. The average Bonchev–Trinajstić information content (AvgIpc) is 3.04. The van der Waals surface area contributed by atoms with Crippen LogP contribution in [0.3, 0.4) is 0 Å². The highest BCUT2D eigenvalue weighted by atomic mass is 19.1. The molecule has 1 aliphatic rings. The number of nitrogens with one attached hydrogen (secondary N) is 1. The van der Waals surface area contributed by atoms with E-state index in [0.29, 0.717) is 0 Å². The highest BCUT2D eigenvalue weighted by Crippen LogP contribution is 2.40. The Bertz CT molecular complexity index is 961. The van der Waals surface area contributed by atoms with Gasteiger partial charge in [0.2, 0.25) is 0 Å². The minimum atomic E-state index is -0.230. The van der Waals surface area contributed by atoms with Gasteiger partial charge in [-0.1, -0.05) is 38.1 Å². The monoisotopic (exact) mass is 304 g/mol. The quantitative estimate of drug-likeness (QED) is 0.658. The zero-order chi connectivity index (χ0) is 16.0. The van der Waals surface area contributed by atoms with Crippen molar-refractivity contribution in [3.8, 4) is 0 Å². The molecule has 4 rings (SSSR count). The van der Waals surface area contributed by atoms with Gasteiger partial charge >= 0.3 is 0 Å². The topological polar surface area (TPSA) is 28.1 Å². The first-order valence-electron chi connectivity index (χ1n) is 7.69. The Morgan fingerprint density at radius 3 is 2.74 bits per heavy atom. The molecule has 1 N–H and O–H groups in total. The van der Waals surface area contributed by atoms with Crippen molar-refractivity contribution in [3.63, 3.8) is 0 Å².